The molecule has 2 aromatic carbocycles. The third kappa shape index (κ3) is 6.95. The zero-order valence-corrected chi connectivity index (χ0v) is 20.7. The van der Waals surface area contributed by atoms with E-state index in [9.17, 15) is 13.2 Å². The van der Waals surface area contributed by atoms with Crippen molar-refractivity contribution in [2.24, 2.45) is 5.92 Å². The normalized spacial score (nSPS) is 16.3. The van der Waals surface area contributed by atoms with Crippen LogP contribution in [-0.4, -0.2) is 51.5 Å². The van der Waals surface area contributed by atoms with Gasteiger partial charge in [-0.2, -0.15) is 0 Å². The molecule has 1 heterocycles. The number of carbonyl (C=O) groups excluding carboxylic acids is 1. The minimum Gasteiger partial charge on any atom is -0.497 e. The minimum absolute atomic E-state index is 0.0387. The van der Waals surface area contributed by atoms with Crippen molar-refractivity contribution < 1.29 is 22.7 Å². The van der Waals surface area contributed by atoms with Crippen molar-refractivity contribution in [2.75, 3.05) is 26.8 Å². The Bertz CT molecular complexity index is 1010. The number of sulfonamides is 1. The zero-order chi connectivity index (χ0) is 23.1. The van der Waals surface area contributed by atoms with Gasteiger partial charge < -0.3 is 14.8 Å². The van der Waals surface area contributed by atoms with Crippen molar-refractivity contribution in [2.45, 2.75) is 31.6 Å². The molecule has 1 amide bonds. The lowest BCUT2D eigenvalue weighted by Crippen LogP contribution is -2.46. The van der Waals surface area contributed by atoms with Crippen LogP contribution < -0.4 is 14.8 Å². The fraction of sp³-hybridized carbons (Fsp3) is 0.435. The number of rotatable bonds is 9. The number of amides is 1. The summed E-state index contributed by atoms with van der Waals surface area (Å²) in [4.78, 5) is 12.6. The largest absolute Gasteiger partial charge is 0.497 e. The molecular weight excluding hydrogens is 496 g/mol. The molecule has 0 bridgehead atoms. The number of halogens is 1. The number of hydrogen-bond donors (Lipinski definition) is 1. The Morgan fingerprint density at radius 3 is 2.44 bits per heavy atom. The second kappa shape index (κ2) is 11.2. The number of ether oxygens (including phenoxy) is 2. The summed E-state index contributed by atoms with van der Waals surface area (Å²) in [5.41, 5.74) is 0.741. The second-order valence-corrected chi connectivity index (χ2v) is 10.8. The predicted octanol–water partition coefficient (Wildman–Crippen LogP) is 3.58. The number of nitrogens with one attached hydrogen (secondary N) is 1. The summed E-state index contributed by atoms with van der Waals surface area (Å²) >= 11 is 3.37. The molecule has 0 spiro atoms. The Hall–Kier alpha value is -2.10. The first-order chi connectivity index (χ1) is 15.3. The molecule has 174 valence electrons. The molecule has 0 aliphatic carbocycles. The lowest BCUT2D eigenvalue weighted by Gasteiger charge is -2.31. The van der Waals surface area contributed by atoms with E-state index in [1.54, 1.807) is 13.2 Å². The van der Waals surface area contributed by atoms with Crippen LogP contribution in [0.2, 0.25) is 0 Å². The van der Waals surface area contributed by atoms with E-state index in [0.717, 1.165) is 15.8 Å². The Kier molecular flexibility index (Phi) is 8.56. The number of nitrogens with zero attached hydrogens (tertiary/aromatic N) is 1. The fourth-order valence-corrected chi connectivity index (χ4v) is 5.62. The first-order valence-electron chi connectivity index (χ1n) is 10.6. The molecule has 3 rings (SSSR count). The third-order valence-corrected chi connectivity index (χ3v) is 7.75. The van der Waals surface area contributed by atoms with Crippen LogP contribution in [0.5, 0.6) is 11.5 Å². The average molecular weight is 525 g/mol. The third-order valence-electron chi connectivity index (χ3n) is 5.40. The number of benzene rings is 2. The first kappa shape index (κ1) is 24.5. The second-order valence-electron chi connectivity index (χ2n) is 7.96. The number of carbonyl (C=O) groups is 1. The fourth-order valence-electron chi connectivity index (χ4n) is 3.62. The molecule has 9 heteroatoms. The zero-order valence-electron chi connectivity index (χ0n) is 18.3. The van der Waals surface area contributed by atoms with Crippen molar-refractivity contribution in [1.29, 1.82) is 0 Å². The summed E-state index contributed by atoms with van der Waals surface area (Å²) in [6, 6.07) is 14.4. The molecule has 1 fully saturated rings. The van der Waals surface area contributed by atoms with Gasteiger partial charge in [0.15, 0.2) is 0 Å². The molecule has 1 N–H and O–H groups in total. The highest BCUT2D eigenvalue weighted by Gasteiger charge is 2.31. The van der Waals surface area contributed by atoms with Gasteiger partial charge in [0.2, 0.25) is 15.9 Å². The van der Waals surface area contributed by atoms with Gasteiger partial charge in [0.05, 0.1) is 18.9 Å². The lowest BCUT2D eigenvalue weighted by atomic mass is 9.97. The van der Waals surface area contributed by atoms with Crippen LogP contribution in [0.4, 0.5) is 0 Å². The van der Waals surface area contributed by atoms with E-state index in [0.29, 0.717) is 38.3 Å². The van der Waals surface area contributed by atoms with Gasteiger partial charge in [0.25, 0.3) is 0 Å². The first-order valence-corrected chi connectivity index (χ1v) is 13.0. The van der Waals surface area contributed by atoms with Gasteiger partial charge in [-0.3, -0.25) is 4.79 Å². The lowest BCUT2D eigenvalue weighted by molar-refractivity contribution is -0.126. The van der Waals surface area contributed by atoms with Crippen LogP contribution >= 0.6 is 15.9 Å². The molecule has 1 aliphatic heterocycles. The van der Waals surface area contributed by atoms with Crippen molar-refractivity contribution in [1.82, 2.24) is 9.62 Å². The molecule has 1 saturated heterocycles. The van der Waals surface area contributed by atoms with Gasteiger partial charge >= 0.3 is 0 Å². The molecule has 7 nitrogen and oxygen atoms in total. The summed E-state index contributed by atoms with van der Waals surface area (Å²) in [5, 5.41) is 2.98. The summed E-state index contributed by atoms with van der Waals surface area (Å²) in [7, 11) is -1.81. The standard InChI is InChI=1S/C23H29BrN2O5S/c1-17(15-31-22-8-6-21(30-2)7-9-22)25-23(27)19-10-12-26(13-11-19)32(28,29)16-18-4-3-5-20(24)14-18/h3-9,14,17,19H,10-13,15-16H2,1-2H3,(H,25,27)/t17-/m1/s1. The monoisotopic (exact) mass is 524 g/mol. The molecule has 32 heavy (non-hydrogen) atoms. The highest BCUT2D eigenvalue weighted by Crippen LogP contribution is 2.23. The van der Waals surface area contributed by atoms with Crippen molar-refractivity contribution >= 4 is 31.9 Å². The number of hydrogen-bond acceptors (Lipinski definition) is 5. The van der Waals surface area contributed by atoms with Crippen molar-refractivity contribution in [3.8, 4) is 11.5 Å². The number of piperidine rings is 1. The van der Waals surface area contributed by atoms with Crippen LogP contribution in [0.3, 0.4) is 0 Å². The van der Waals surface area contributed by atoms with Crippen molar-refractivity contribution in [3.63, 3.8) is 0 Å². The molecule has 0 aromatic heterocycles. The van der Waals surface area contributed by atoms with Crippen LogP contribution in [0.1, 0.15) is 25.3 Å². The van der Waals surface area contributed by atoms with E-state index < -0.39 is 10.0 Å². The van der Waals surface area contributed by atoms with Gasteiger partial charge in [-0.25, -0.2) is 12.7 Å². The van der Waals surface area contributed by atoms with Crippen molar-refractivity contribution in [3.05, 3.63) is 58.6 Å². The molecule has 0 radical (unpaired) electrons. The summed E-state index contributed by atoms with van der Waals surface area (Å²) in [6.45, 7) is 2.94. The van der Waals surface area contributed by atoms with E-state index in [-0.39, 0.29) is 23.6 Å². The van der Waals surface area contributed by atoms with Gasteiger partial charge in [0, 0.05) is 23.5 Å². The van der Waals surface area contributed by atoms with Crippen LogP contribution in [-0.2, 0) is 20.6 Å². The molecule has 1 aliphatic rings. The van der Waals surface area contributed by atoms with E-state index in [1.807, 2.05) is 49.4 Å². The highest BCUT2D eigenvalue weighted by atomic mass is 79.9. The molecule has 1 atom stereocenters. The maximum Gasteiger partial charge on any atom is 0.223 e. The summed E-state index contributed by atoms with van der Waals surface area (Å²) in [6.07, 6.45) is 1.02. The van der Waals surface area contributed by atoms with E-state index in [1.165, 1.54) is 4.31 Å². The van der Waals surface area contributed by atoms with Gasteiger partial charge in [0.1, 0.15) is 18.1 Å². The average Bonchev–Trinajstić information content (AvgIpc) is 2.78. The predicted molar refractivity (Wildman–Crippen MR) is 127 cm³/mol. The quantitative estimate of drug-likeness (QED) is 0.541. The smallest absolute Gasteiger partial charge is 0.223 e. The Morgan fingerprint density at radius 2 is 1.81 bits per heavy atom. The maximum absolute atomic E-state index is 12.8. The highest BCUT2D eigenvalue weighted by molar-refractivity contribution is 9.10. The van der Waals surface area contributed by atoms with Gasteiger partial charge in [-0.15, -0.1) is 0 Å². The molecule has 0 unspecified atom stereocenters. The minimum atomic E-state index is -3.42. The number of methoxy groups -OCH3 is 1. The van der Waals surface area contributed by atoms with Crippen LogP contribution in [0, 0.1) is 5.92 Å². The summed E-state index contributed by atoms with van der Waals surface area (Å²) < 4.78 is 38.7. The molecule has 2 aromatic rings. The van der Waals surface area contributed by atoms with E-state index >= 15 is 0 Å². The Balaban J connectivity index is 1.44. The maximum atomic E-state index is 12.8. The van der Waals surface area contributed by atoms with Crippen LogP contribution in [0.15, 0.2) is 53.0 Å². The molecule has 0 saturated carbocycles. The Labute approximate surface area is 198 Å². The van der Waals surface area contributed by atoms with E-state index in [2.05, 4.69) is 21.2 Å². The van der Waals surface area contributed by atoms with Gasteiger partial charge in [-0.1, -0.05) is 28.1 Å². The van der Waals surface area contributed by atoms with Gasteiger partial charge in [-0.05, 0) is 61.7 Å². The molecular formula is C23H29BrN2O5S. The van der Waals surface area contributed by atoms with Crippen LogP contribution in [0.25, 0.3) is 0 Å². The summed E-state index contributed by atoms with van der Waals surface area (Å²) in [5.74, 6) is 1.17. The van der Waals surface area contributed by atoms with E-state index in [4.69, 9.17) is 9.47 Å². The topological polar surface area (TPSA) is 84.9 Å². The Morgan fingerprint density at radius 1 is 1.16 bits per heavy atom. The SMILES string of the molecule is COc1ccc(OC[C@@H](C)NC(=O)C2CCN(S(=O)(=O)Cc3cccc(Br)c3)CC2)cc1.